The van der Waals surface area contributed by atoms with Gasteiger partial charge in [-0.25, -0.2) is 0 Å². The Morgan fingerprint density at radius 3 is 2.95 bits per heavy atom. The Labute approximate surface area is 133 Å². The van der Waals surface area contributed by atoms with Crippen molar-refractivity contribution < 1.29 is 9.53 Å². The normalized spacial score (nSPS) is 14.5. The molecule has 1 aromatic heterocycles. The number of thiophene rings is 1. The molecule has 112 valence electrons. The summed E-state index contributed by atoms with van der Waals surface area (Å²) in [6, 6.07) is 7.80. The van der Waals surface area contributed by atoms with E-state index in [4.69, 9.17) is 16.3 Å². The van der Waals surface area contributed by atoms with E-state index in [2.05, 4.69) is 5.32 Å². The van der Waals surface area contributed by atoms with Crippen LogP contribution in [-0.4, -0.2) is 25.7 Å². The van der Waals surface area contributed by atoms with Crippen molar-refractivity contribution in [2.24, 2.45) is 5.92 Å². The van der Waals surface area contributed by atoms with Crippen LogP contribution in [0.15, 0.2) is 24.3 Å². The van der Waals surface area contributed by atoms with E-state index in [1.165, 1.54) is 24.2 Å². The zero-order chi connectivity index (χ0) is 14.7. The van der Waals surface area contributed by atoms with Crippen molar-refractivity contribution >= 4 is 38.9 Å². The molecule has 1 saturated carbocycles. The van der Waals surface area contributed by atoms with Crippen molar-refractivity contribution in [1.29, 1.82) is 0 Å². The van der Waals surface area contributed by atoms with Crippen LogP contribution in [0.2, 0.25) is 5.02 Å². The van der Waals surface area contributed by atoms with E-state index < -0.39 is 0 Å². The lowest BCUT2D eigenvalue weighted by Crippen LogP contribution is -2.24. The molecule has 3 rings (SSSR count). The summed E-state index contributed by atoms with van der Waals surface area (Å²) in [5, 5.41) is 4.41. The molecule has 0 radical (unpaired) electrons. The molecule has 2 aromatic rings. The number of ether oxygens (including phenoxy) is 1. The fourth-order valence-corrected chi connectivity index (χ4v) is 3.58. The number of hydrogen-bond acceptors (Lipinski definition) is 3. The molecule has 3 nitrogen and oxygen atoms in total. The van der Waals surface area contributed by atoms with Gasteiger partial charge in [-0.05, 0) is 31.2 Å². The first-order chi connectivity index (χ1) is 10.3. The summed E-state index contributed by atoms with van der Waals surface area (Å²) in [7, 11) is 0. The minimum absolute atomic E-state index is 0.0941. The highest BCUT2D eigenvalue weighted by Gasteiger charge is 2.21. The lowest BCUT2D eigenvalue weighted by atomic mass is 10.2. The van der Waals surface area contributed by atoms with Gasteiger partial charge in [0, 0.05) is 29.8 Å². The zero-order valence-electron chi connectivity index (χ0n) is 11.7. The van der Waals surface area contributed by atoms with Gasteiger partial charge >= 0.3 is 0 Å². The summed E-state index contributed by atoms with van der Waals surface area (Å²) < 4.78 is 6.58. The highest BCUT2D eigenvalue weighted by molar-refractivity contribution is 7.21. The van der Waals surface area contributed by atoms with Crippen molar-refractivity contribution in [2.45, 2.75) is 19.3 Å². The standard InChI is InChI=1S/C16H18ClNO2S/c17-14-12-4-1-2-5-13(12)21-15(14)16(19)18-8-3-9-20-10-11-6-7-11/h1-2,4-5,11H,3,6-10H2,(H,18,19). The van der Waals surface area contributed by atoms with Crippen molar-refractivity contribution in [3.05, 3.63) is 34.2 Å². The Balaban J connectivity index is 1.48. The molecule has 1 amide bonds. The second kappa shape index (κ2) is 6.77. The number of benzene rings is 1. The van der Waals surface area contributed by atoms with Crippen LogP contribution in [0.4, 0.5) is 0 Å². The predicted molar refractivity (Wildman–Crippen MR) is 87.3 cm³/mol. The molecule has 0 bridgehead atoms. The van der Waals surface area contributed by atoms with Crippen LogP contribution in [0, 0.1) is 5.92 Å². The summed E-state index contributed by atoms with van der Waals surface area (Å²) in [4.78, 5) is 12.8. The molecule has 1 aliphatic carbocycles. The Morgan fingerprint density at radius 1 is 1.38 bits per heavy atom. The number of nitrogens with one attached hydrogen (secondary N) is 1. The second-order valence-electron chi connectivity index (χ2n) is 5.37. The largest absolute Gasteiger partial charge is 0.381 e. The van der Waals surface area contributed by atoms with E-state index in [1.807, 2.05) is 24.3 Å². The third-order valence-corrected chi connectivity index (χ3v) is 5.22. The van der Waals surface area contributed by atoms with Crippen LogP contribution < -0.4 is 5.32 Å². The van der Waals surface area contributed by atoms with Crippen LogP contribution >= 0.6 is 22.9 Å². The number of halogens is 1. The van der Waals surface area contributed by atoms with Gasteiger partial charge in [0.2, 0.25) is 0 Å². The highest BCUT2D eigenvalue weighted by Crippen LogP contribution is 2.34. The Hall–Kier alpha value is -1.10. The lowest BCUT2D eigenvalue weighted by molar-refractivity contribution is 0.0941. The topological polar surface area (TPSA) is 38.3 Å². The van der Waals surface area contributed by atoms with Crippen LogP contribution in [0.25, 0.3) is 10.1 Å². The fourth-order valence-electron chi connectivity index (χ4n) is 2.15. The SMILES string of the molecule is O=C(NCCCOCC1CC1)c1sc2ccccc2c1Cl. The van der Waals surface area contributed by atoms with E-state index in [0.717, 1.165) is 29.0 Å². The van der Waals surface area contributed by atoms with Crippen LogP contribution in [0.3, 0.4) is 0 Å². The van der Waals surface area contributed by atoms with Gasteiger partial charge in [0.05, 0.1) is 5.02 Å². The monoisotopic (exact) mass is 323 g/mol. The van der Waals surface area contributed by atoms with E-state index >= 15 is 0 Å². The maximum Gasteiger partial charge on any atom is 0.262 e. The van der Waals surface area contributed by atoms with Crippen molar-refractivity contribution in [2.75, 3.05) is 19.8 Å². The maximum absolute atomic E-state index is 12.2. The Kier molecular flexibility index (Phi) is 4.78. The number of carbonyl (C=O) groups excluding carboxylic acids is 1. The molecule has 0 atom stereocenters. The van der Waals surface area contributed by atoms with Gasteiger partial charge in [0.1, 0.15) is 4.88 Å². The van der Waals surface area contributed by atoms with Gasteiger partial charge in [-0.3, -0.25) is 4.79 Å². The number of carbonyl (C=O) groups is 1. The quantitative estimate of drug-likeness (QED) is 0.779. The summed E-state index contributed by atoms with van der Waals surface area (Å²) >= 11 is 7.72. The summed E-state index contributed by atoms with van der Waals surface area (Å²) in [5.74, 6) is 0.695. The molecule has 1 aromatic carbocycles. The maximum atomic E-state index is 12.2. The van der Waals surface area contributed by atoms with Gasteiger partial charge in [-0.15, -0.1) is 11.3 Å². The van der Waals surface area contributed by atoms with E-state index in [9.17, 15) is 4.79 Å². The second-order valence-corrected chi connectivity index (χ2v) is 6.80. The van der Waals surface area contributed by atoms with Gasteiger partial charge in [0.25, 0.3) is 5.91 Å². The summed E-state index contributed by atoms with van der Waals surface area (Å²) in [5.41, 5.74) is 0. The Morgan fingerprint density at radius 2 is 2.19 bits per heavy atom. The van der Waals surface area contributed by atoms with E-state index in [1.54, 1.807) is 0 Å². The molecule has 1 aliphatic rings. The Bertz CT molecular complexity index is 636. The van der Waals surface area contributed by atoms with Crippen LogP contribution in [0.5, 0.6) is 0 Å². The third kappa shape index (κ3) is 3.76. The summed E-state index contributed by atoms with van der Waals surface area (Å²) in [6.07, 6.45) is 3.45. The third-order valence-electron chi connectivity index (χ3n) is 3.54. The van der Waals surface area contributed by atoms with Crippen molar-refractivity contribution in [3.63, 3.8) is 0 Å². The molecular weight excluding hydrogens is 306 g/mol. The highest BCUT2D eigenvalue weighted by atomic mass is 35.5. The molecule has 1 N–H and O–H groups in total. The molecule has 5 heteroatoms. The van der Waals surface area contributed by atoms with Crippen molar-refractivity contribution in [1.82, 2.24) is 5.32 Å². The van der Waals surface area contributed by atoms with Crippen LogP contribution in [-0.2, 0) is 4.74 Å². The molecular formula is C16H18ClNO2S. The van der Waals surface area contributed by atoms with Gasteiger partial charge in [0.15, 0.2) is 0 Å². The van der Waals surface area contributed by atoms with Gasteiger partial charge < -0.3 is 10.1 Å². The average Bonchev–Trinajstić information content (AvgIpc) is 3.26. The van der Waals surface area contributed by atoms with Gasteiger partial charge in [-0.1, -0.05) is 29.8 Å². The zero-order valence-corrected chi connectivity index (χ0v) is 13.3. The minimum atomic E-state index is -0.0941. The van der Waals surface area contributed by atoms with Crippen molar-refractivity contribution in [3.8, 4) is 0 Å². The molecule has 0 unspecified atom stereocenters. The number of hydrogen-bond donors (Lipinski definition) is 1. The molecule has 0 saturated heterocycles. The number of fused-ring (bicyclic) bond motifs is 1. The van der Waals surface area contributed by atoms with E-state index in [-0.39, 0.29) is 5.91 Å². The van der Waals surface area contributed by atoms with Crippen LogP contribution in [0.1, 0.15) is 28.9 Å². The first-order valence-corrected chi connectivity index (χ1v) is 8.48. The number of amides is 1. The predicted octanol–water partition coefficient (Wildman–Crippen LogP) is 4.10. The first kappa shape index (κ1) is 14.8. The number of rotatable bonds is 7. The molecule has 21 heavy (non-hydrogen) atoms. The summed E-state index contributed by atoms with van der Waals surface area (Å²) in [6.45, 7) is 2.20. The minimum Gasteiger partial charge on any atom is -0.381 e. The average molecular weight is 324 g/mol. The molecule has 0 aliphatic heterocycles. The van der Waals surface area contributed by atoms with E-state index in [0.29, 0.717) is 23.1 Å². The van der Waals surface area contributed by atoms with Gasteiger partial charge in [-0.2, -0.15) is 0 Å². The smallest absolute Gasteiger partial charge is 0.262 e. The first-order valence-electron chi connectivity index (χ1n) is 7.28. The molecule has 0 spiro atoms. The lowest BCUT2D eigenvalue weighted by Gasteiger charge is -2.05. The molecule has 1 heterocycles. The molecule has 1 fully saturated rings. The fraction of sp³-hybridized carbons (Fsp3) is 0.438.